The maximum Gasteiger partial charge on any atom is 0.157 e. The second-order valence-electron chi connectivity index (χ2n) is 5.11. The van der Waals surface area contributed by atoms with E-state index in [2.05, 4.69) is 72.7 Å². The monoisotopic (exact) mass is 308 g/mol. The van der Waals surface area contributed by atoms with Crippen molar-refractivity contribution in [2.24, 2.45) is 0 Å². The maximum atomic E-state index is 4.10. The number of hydrogen-bond acceptors (Lipinski definition) is 3. The molecule has 5 heteroatoms. The molecule has 0 unspecified atom stereocenters. The van der Waals surface area contributed by atoms with Gasteiger partial charge in [0.05, 0.1) is 5.54 Å². The third-order valence-corrected chi connectivity index (χ3v) is 3.91. The van der Waals surface area contributed by atoms with Crippen LogP contribution in [0.15, 0.2) is 0 Å². The Hall–Kier alpha value is -0.200. The molecule has 4 nitrogen and oxygen atoms in total. The number of halogens is 1. The SMILES string of the molecule is CC(C)(C)c1nnnn1C(C)(C)CI. The standard InChI is InChI=1S/C9H17IN4/c1-8(2,3)7-11-12-13-14(7)9(4,5)6-10/h6H2,1-5H3. The van der Waals surface area contributed by atoms with Gasteiger partial charge in [-0.25, -0.2) is 4.68 Å². The highest BCUT2D eigenvalue weighted by Crippen LogP contribution is 2.25. The average Bonchev–Trinajstić information content (AvgIpc) is 2.51. The fraction of sp³-hybridized carbons (Fsp3) is 0.889. The predicted octanol–water partition coefficient (Wildman–Crippen LogP) is 2.14. The highest BCUT2D eigenvalue weighted by molar-refractivity contribution is 14.1. The van der Waals surface area contributed by atoms with Gasteiger partial charge in [-0.3, -0.25) is 0 Å². The first-order chi connectivity index (χ1) is 6.29. The molecule has 1 heterocycles. The number of aromatic nitrogens is 4. The lowest BCUT2D eigenvalue weighted by Gasteiger charge is -2.27. The lowest BCUT2D eigenvalue weighted by molar-refractivity contribution is 0.325. The van der Waals surface area contributed by atoms with Gasteiger partial charge >= 0.3 is 0 Å². The minimum atomic E-state index is -0.0212. The zero-order valence-electron chi connectivity index (χ0n) is 9.37. The zero-order chi connectivity index (χ0) is 11.0. The molecule has 0 saturated heterocycles. The Kier molecular flexibility index (Phi) is 3.18. The highest BCUT2D eigenvalue weighted by atomic mass is 127. The van der Waals surface area contributed by atoms with Crippen LogP contribution in [0.1, 0.15) is 40.4 Å². The summed E-state index contributed by atoms with van der Waals surface area (Å²) in [5, 5.41) is 11.9. The Bertz CT molecular complexity index is 311. The smallest absolute Gasteiger partial charge is 0.157 e. The van der Waals surface area contributed by atoms with E-state index in [0.717, 1.165) is 10.3 Å². The molecule has 0 amide bonds. The van der Waals surface area contributed by atoms with Crippen LogP contribution in [0.3, 0.4) is 0 Å². The first-order valence-corrected chi connectivity index (χ1v) is 6.17. The van der Waals surface area contributed by atoms with E-state index < -0.39 is 0 Å². The first kappa shape index (κ1) is 11.9. The number of tetrazole rings is 1. The third-order valence-electron chi connectivity index (χ3n) is 2.04. The molecule has 80 valence electrons. The van der Waals surface area contributed by atoms with Gasteiger partial charge in [0.15, 0.2) is 5.82 Å². The van der Waals surface area contributed by atoms with Crippen molar-refractivity contribution < 1.29 is 0 Å². The van der Waals surface area contributed by atoms with Gasteiger partial charge in [-0.1, -0.05) is 43.4 Å². The van der Waals surface area contributed by atoms with Crippen LogP contribution in [0, 0.1) is 0 Å². The average molecular weight is 308 g/mol. The molecule has 0 aromatic carbocycles. The Morgan fingerprint density at radius 2 is 1.79 bits per heavy atom. The quantitative estimate of drug-likeness (QED) is 0.621. The van der Waals surface area contributed by atoms with Crippen molar-refractivity contribution in [3.63, 3.8) is 0 Å². The molecular formula is C9H17IN4. The molecule has 0 radical (unpaired) electrons. The first-order valence-electron chi connectivity index (χ1n) is 4.64. The summed E-state index contributed by atoms with van der Waals surface area (Å²) in [6.07, 6.45) is 0. The van der Waals surface area contributed by atoms with Gasteiger partial charge in [0.2, 0.25) is 0 Å². The third kappa shape index (κ3) is 2.24. The van der Waals surface area contributed by atoms with E-state index in [9.17, 15) is 0 Å². The summed E-state index contributed by atoms with van der Waals surface area (Å²) >= 11 is 2.36. The van der Waals surface area contributed by atoms with Gasteiger partial charge in [-0.05, 0) is 24.3 Å². The second-order valence-corrected chi connectivity index (χ2v) is 5.87. The van der Waals surface area contributed by atoms with Crippen LogP contribution in [0.5, 0.6) is 0 Å². The van der Waals surface area contributed by atoms with Crippen LogP contribution >= 0.6 is 22.6 Å². The van der Waals surface area contributed by atoms with E-state index in [0.29, 0.717) is 0 Å². The molecule has 0 atom stereocenters. The Balaban J connectivity index is 3.18. The summed E-state index contributed by atoms with van der Waals surface area (Å²) in [5.41, 5.74) is -0.0285. The van der Waals surface area contributed by atoms with Crippen LogP contribution in [0.25, 0.3) is 0 Å². The van der Waals surface area contributed by atoms with E-state index in [4.69, 9.17) is 0 Å². The van der Waals surface area contributed by atoms with Gasteiger partial charge in [0, 0.05) is 9.84 Å². The van der Waals surface area contributed by atoms with Gasteiger partial charge < -0.3 is 0 Å². The van der Waals surface area contributed by atoms with Crippen LogP contribution in [-0.2, 0) is 11.0 Å². The van der Waals surface area contributed by atoms with Crippen LogP contribution in [-0.4, -0.2) is 24.6 Å². The summed E-state index contributed by atoms with van der Waals surface area (Å²) < 4.78 is 2.92. The van der Waals surface area contributed by atoms with Crippen LogP contribution < -0.4 is 0 Å². The molecule has 0 spiro atoms. The van der Waals surface area contributed by atoms with Gasteiger partial charge in [-0.15, -0.1) is 5.10 Å². The maximum absolute atomic E-state index is 4.10. The van der Waals surface area contributed by atoms with Crippen molar-refractivity contribution in [1.29, 1.82) is 0 Å². The molecule has 0 bridgehead atoms. The lowest BCUT2D eigenvalue weighted by atomic mass is 9.94. The summed E-state index contributed by atoms with van der Waals surface area (Å²) in [4.78, 5) is 0. The van der Waals surface area contributed by atoms with Gasteiger partial charge in [0.1, 0.15) is 0 Å². The molecule has 14 heavy (non-hydrogen) atoms. The lowest BCUT2D eigenvalue weighted by Crippen LogP contribution is -2.34. The van der Waals surface area contributed by atoms with Crippen molar-refractivity contribution >= 4 is 22.6 Å². The van der Waals surface area contributed by atoms with Gasteiger partial charge in [0.25, 0.3) is 0 Å². The molecule has 0 saturated carbocycles. The molecule has 0 aliphatic heterocycles. The van der Waals surface area contributed by atoms with E-state index in [-0.39, 0.29) is 11.0 Å². The summed E-state index contributed by atoms with van der Waals surface area (Å²) in [7, 11) is 0. The molecule has 0 aliphatic carbocycles. The summed E-state index contributed by atoms with van der Waals surface area (Å²) in [6, 6.07) is 0. The minimum absolute atomic E-state index is 0.00736. The van der Waals surface area contributed by atoms with Crippen molar-refractivity contribution in [2.75, 3.05) is 4.43 Å². The Labute approximate surface area is 98.6 Å². The van der Waals surface area contributed by atoms with E-state index in [1.807, 2.05) is 4.68 Å². The van der Waals surface area contributed by atoms with E-state index in [1.165, 1.54) is 0 Å². The summed E-state index contributed by atoms with van der Waals surface area (Å²) in [6.45, 7) is 10.7. The van der Waals surface area contributed by atoms with Crippen molar-refractivity contribution in [3.05, 3.63) is 5.82 Å². The Morgan fingerprint density at radius 3 is 2.21 bits per heavy atom. The number of nitrogens with zero attached hydrogens (tertiary/aromatic N) is 4. The van der Waals surface area contributed by atoms with Crippen LogP contribution in [0.2, 0.25) is 0 Å². The normalized spacial score (nSPS) is 13.3. The number of hydrogen-bond donors (Lipinski definition) is 0. The molecule has 1 aromatic rings. The van der Waals surface area contributed by atoms with Crippen molar-refractivity contribution in [2.45, 2.75) is 45.6 Å². The number of alkyl halides is 1. The largest absolute Gasteiger partial charge is 0.223 e. The zero-order valence-corrected chi connectivity index (χ0v) is 11.5. The molecule has 1 aromatic heterocycles. The molecule has 0 N–H and O–H groups in total. The predicted molar refractivity (Wildman–Crippen MR) is 64.7 cm³/mol. The summed E-state index contributed by atoms with van der Waals surface area (Å²) in [5.74, 6) is 0.944. The Morgan fingerprint density at radius 1 is 1.21 bits per heavy atom. The van der Waals surface area contributed by atoms with Crippen LogP contribution in [0.4, 0.5) is 0 Å². The number of rotatable bonds is 2. The van der Waals surface area contributed by atoms with E-state index in [1.54, 1.807) is 0 Å². The molecular weight excluding hydrogens is 291 g/mol. The highest BCUT2D eigenvalue weighted by Gasteiger charge is 2.29. The van der Waals surface area contributed by atoms with E-state index >= 15 is 0 Å². The van der Waals surface area contributed by atoms with Crippen molar-refractivity contribution in [3.8, 4) is 0 Å². The second kappa shape index (κ2) is 3.75. The molecule has 0 fully saturated rings. The molecule has 0 aliphatic rings. The van der Waals surface area contributed by atoms with Crippen molar-refractivity contribution in [1.82, 2.24) is 20.2 Å². The fourth-order valence-electron chi connectivity index (χ4n) is 1.12. The minimum Gasteiger partial charge on any atom is -0.223 e. The van der Waals surface area contributed by atoms with Gasteiger partial charge in [-0.2, -0.15) is 0 Å². The topological polar surface area (TPSA) is 43.6 Å². The fourth-order valence-corrected chi connectivity index (χ4v) is 1.44. The molecule has 1 rings (SSSR count).